The molecule has 0 bridgehead atoms. The molecule has 17 heavy (non-hydrogen) atoms. The molecular weight excluding hydrogens is 214 g/mol. The summed E-state index contributed by atoms with van der Waals surface area (Å²) in [5.74, 6) is 0.671. The van der Waals surface area contributed by atoms with Gasteiger partial charge in [-0.2, -0.15) is 0 Å². The minimum atomic E-state index is -0.172. The molecule has 1 saturated carbocycles. The summed E-state index contributed by atoms with van der Waals surface area (Å²) in [6.07, 6.45) is 6.38. The average molecular weight is 239 g/mol. The second kappa shape index (κ2) is 5.83. The predicted molar refractivity (Wildman–Crippen MR) is 68.6 cm³/mol. The van der Waals surface area contributed by atoms with E-state index in [4.69, 9.17) is 5.73 Å². The maximum Gasteiger partial charge on any atom is 0.236 e. The van der Waals surface area contributed by atoms with Gasteiger partial charge in [-0.05, 0) is 25.2 Å². The average Bonchev–Trinajstić information content (AvgIpc) is 2.54. The van der Waals surface area contributed by atoms with Crippen LogP contribution in [0.15, 0.2) is 0 Å². The van der Waals surface area contributed by atoms with Gasteiger partial charge >= 0.3 is 0 Å². The largest absolute Gasteiger partial charge is 0.368 e. The first-order valence-electron chi connectivity index (χ1n) is 6.94. The summed E-state index contributed by atoms with van der Waals surface area (Å²) < 4.78 is 0. The Morgan fingerprint density at radius 1 is 1.29 bits per heavy atom. The van der Waals surface area contributed by atoms with Crippen LogP contribution in [-0.2, 0) is 4.79 Å². The normalized spacial score (nSPS) is 36.4. The fraction of sp³-hybridized carbons (Fsp3) is 0.923. The molecule has 4 heteroatoms. The van der Waals surface area contributed by atoms with Gasteiger partial charge in [0.2, 0.25) is 5.91 Å². The first-order chi connectivity index (χ1) is 8.18. The fourth-order valence-corrected chi connectivity index (χ4v) is 3.22. The van der Waals surface area contributed by atoms with Gasteiger partial charge in [0.25, 0.3) is 0 Å². The summed E-state index contributed by atoms with van der Waals surface area (Å²) in [6.45, 7) is 5.01. The van der Waals surface area contributed by atoms with Crippen molar-refractivity contribution in [3.8, 4) is 0 Å². The zero-order valence-corrected chi connectivity index (χ0v) is 10.8. The second-order valence-electron chi connectivity index (χ2n) is 5.63. The van der Waals surface area contributed by atoms with Crippen molar-refractivity contribution in [3.63, 3.8) is 0 Å². The van der Waals surface area contributed by atoms with Crippen LogP contribution in [0.25, 0.3) is 0 Å². The van der Waals surface area contributed by atoms with E-state index in [9.17, 15) is 4.79 Å². The lowest BCUT2D eigenvalue weighted by Gasteiger charge is -2.39. The first kappa shape index (κ1) is 12.8. The van der Waals surface area contributed by atoms with Crippen molar-refractivity contribution in [3.05, 3.63) is 0 Å². The van der Waals surface area contributed by atoms with Gasteiger partial charge in [-0.3, -0.25) is 9.69 Å². The van der Waals surface area contributed by atoms with Crippen molar-refractivity contribution in [2.24, 2.45) is 11.7 Å². The lowest BCUT2D eigenvalue weighted by Crippen LogP contribution is -2.59. The van der Waals surface area contributed by atoms with Gasteiger partial charge in [0.1, 0.15) is 6.04 Å². The quantitative estimate of drug-likeness (QED) is 0.698. The molecule has 0 aromatic rings. The molecule has 0 radical (unpaired) electrons. The number of primary amides is 1. The van der Waals surface area contributed by atoms with Gasteiger partial charge in [0.15, 0.2) is 0 Å². The number of carbonyl (C=O) groups excluding carboxylic acids is 1. The Morgan fingerprint density at radius 2 is 2.12 bits per heavy atom. The van der Waals surface area contributed by atoms with Crippen LogP contribution in [0.2, 0.25) is 0 Å². The van der Waals surface area contributed by atoms with E-state index in [1.165, 1.54) is 32.1 Å². The Balaban J connectivity index is 2.00. The molecule has 3 atom stereocenters. The highest BCUT2D eigenvalue weighted by atomic mass is 16.1. The molecule has 0 aromatic heterocycles. The van der Waals surface area contributed by atoms with E-state index >= 15 is 0 Å². The molecule has 1 amide bonds. The van der Waals surface area contributed by atoms with Crippen LogP contribution in [0.5, 0.6) is 0 Å². The monoisotopic (exact) mass is 239 g/mol. The van der Waals surface area contributed by atoms with Crippen LogP contribution in [0.1, 0.15) is 39.0 Å². The third-order valence-electron chi connectivity index (χ3n) is 4.31. The molecule has 98 valence electrons. The van der Waals surface area contributed by atoms with Crippen molar-refractivity contribution in [1.29, 1.82) is 0 Å². The summed E-state index contributed by atoms with van der Waals surface area (Å²) in [6, 6.07) is 0.474. The predicted octanol–water partition coefficient (Wildman–Crippen LogP) is 0.714. The summed E-state index contributed by atoms with van der Waals surface area (Å²) >= 11 is 0. The topological polar surface area (TPSA) is 58.4 Å². The molecule has 1 saturated heterocycles. The third-order valence-corrected chi connectivity index (χ3v) is 4.31. The van der Waals surface area contributed by atoms with Crippen LogP contribution in [0.3, 0.4) is 0 Å². The Hall–Kier alpha value is -0.610. The summed E-state index contributed by atoms with van der Waals surface area (Å²) in [5, 5.41) is 3.27. The van der Waals surface area contributed by atoms with E-state index < -0.39 is 0 Å². The number of rotatable bonds is 2. The van der Waals surface area contributed by atoms with Crippen LogP contribution in [-0.4, -0.2) is 42.5 Å². The van der Waals surface area contributed by atoms with Crippen LogP contribution >= 0.6 is 0 Å². The molecule has 3 unspecified atom stereocenters. The Bertz CT molecular complexity index is 269. The molecule has 0 aromatic carbocycles. The molecule has 0 spiro atoms. The highest BCUT2D eigenvalue weighted by Crippen LogP contribution is 2.27. The number of amides is 1. The van der Waals surface area contributed by atoms with Gasteiger partial charge in [0.05, 0.1) is 0 Å². The van der Waals surface area contributed by atoms with Crippen LogP contribution in [0, 0.1) is 5.92 Å². The van der Waals surface area contributed by atoms with E-state index in [1.54, 1.807) is 0 Å². The molecular formula is C13H25N3O. The molecule has 1 aliphatic carbocycles. The SMILES string of the molecule is CC1CCCC(N2CCNCC2C(N)=O)CC1. The molecule has 2 aliphatic rings. The Kier molecular flexibility index (Phi) is 4.40. The number of nitrogens with two attached hydrogens (primary N) is 1. The van der Waals surface area contributed by atoms with E-state index in [1.807, 2.05) is 0 Å². The zero-order valence-electron chi connectivity index (χ0n) is 10.8. The van der Waals surface area contributed by atoms with Gasteiger partial charge in [-0.15, -0.1) is 0 Å². The summed E-state index contributed by atoms with van der Waals surface area (Å²) in [4.78, 5) is 13.9. The van der Waals surface area contributed by atoms with Gasteiger partial charge < -0.3 is 11.1 Å². The van der Waals surface area contributed by atoms with Gasteiger partial charge in [-0.25, -0.2) is 0 Å². The smallest absolute Gasteiger partial charge is 0.236 e. The molecule has 1 aliphatic heterocycles. The van der Waals surface area contributed by atoms with Crippen molar-refractivity contribution in [2.75, 3.05) is 19.6 Å². The lowest BCUT2D eigenvalue weighted by atomic mass is 10.0. The van der Waals surface area contributed by atoms with E-state index in [0.29, 0.717) is 6.04 Å². The third kappa shape index (κ3) is 3.19. The molecule has 3 N–H and O–H groups in total. The van der Waals surface area contributed by atoms with E-state index in [-0.39, 0.29) is 11.9 Å². The van der Waals surface area contributed by atoms with Crippen LogP contribution in [0.4, 0.5) is 0 Å². The number of nitrogens with zero attached hydrogens (tertiary/aromatic N) is 1. The van der Waals surface area contributed by atoms with Crippen LogP contribution < -0.4 is 11.1 Å². The molecule has 2 fully saturated rings. The van der Waals surface area contributed by atoms with E-state index in [2.05, 4.69) is 17.1 Å². The van der Waals surface area contributed by atoms with Crippen molar-refractivity contribution < 1.29 is 4.79 Å². The van der Waals surface area contributed by atoms with Crippen molar-refractivity contribution in [1.82, 2.24) is 10.2 Å². The minimum Gasteiger partial charge on any atom is -0.368 e. The molecule has 2 rings (SSSR count). The Morgan fingerprint density at radius 3 is 2.88 bits per heavy atom. The van der Waals surface area contributed by atoms with Crippen molar-refractivity contribution in [2.45, 2.75) is 51.1 Å². The first-order valence-corrected chi connectivity index (χ1v) is 6.94. The summed E-state index contributed by atoms with van der Waals surface area (Å²) in [7, 11) is 0. The molecule has 1 heterocycles. The number of hydrogen-bond donors (Lipinski definition) is 2. The van der Waals surface area contributed by atoms with Crippen molar-refractivity contribution >= 4 is 5.91 Å². The minimum absolute atomic E-state index is 0.0952. The highest BCUT2D eigenvalue weighted by Gasteiger charge is 2.32. The lowest BCUT2D eigenvalue weighted by molar-refractivity contribution is -0.125. The standard InChI is InChI=1S/C13H25N3O/c1-10-3-2-4-11(6-5-10)16-8-7-15-9-12(16)13(14)17/h10-12,15H,2-9H2,1H3,(H2,14,17). The van der Waals surface area contributed by atoms with E-state index in [0.717, 1.165) is 25.6 Å². The maximum absolute atomic E-state index is 11.5. The van der Waals surface area contributed by atoms with Gasteiger partial charge in [0, 0.05) is 25.7 Å². The summed E-state index contributed by atoms with van der Waals surface area (Å²) in [5.41, 5.74) is 5.51. The van der Waals surface area contributed by atoms with Gasteiger partial charge in [-0.1, -0.05) is 19.8 Å². The Labute approximate surface area is 104 Å². The number of hydrogen-bond acceptors (Lipinski definition) is 3. The maximum atomic E-state index is 11.5. The highest BCUT2D eigenvalue weighted by molar-refractivity contribution is 5.80. The zero-order chi connectivity index (χ0) is 12.3. The number of piperazine rings is 1. The second-order valence-corrected chi connectivity index (χ2v) is 5.63. The fourth-order valence-electron chi connectivity index (χ4n) is 3.22. The molecule has 4 nitrogen and oxygen atoms in total. The number of nitrogens with one attached hydrogen (secondary N) is 1. The number of carbonyl (C=O) groups is 1.